The third kappa shape index (κ3) is 3.30. The Kier molecular flexibility index (Phi) is 4.93. The first-order chi connectivity index (χ1) is 13.9. The molecule has 1 aliphatic carbocycles. The normalized spacial score (nSPS) is 36.4. The summed E-state index contributed by atoms with van der Waals surface area (Å²) in [5.74, 6) is -0.746. The number of allylic oxidation sites excluding steroid dienone is 1. The number of aryl methyl sites for hydroxylation is 1. The van der Waals surface area contributed by atoms with E-state index in [0.29, 0.717) is 25.3 Å². The van der Waals surface area contributed by atoms with Crippen LogP contribution in [0.4, 0.5) is 0 Å². The van der Waals surface area contributed by atoms with Gasteiger partial charge in [0.05, 0.1) is 29.2 Å². The molecule has 0 radical (unpaired) electrons. The highest BCUT2D eigenvalue weighted by atomic mass is 32.2. The van der Waals surface area contributed by atoms with Gasteiger partial charge in [0.15, 0.2) is 5.79 Å². The predicted octanol–water partition coefficient (Wildman–Crippen LogP) is 3.15. The Morgan fingerprint density at radius 1 is 1.17 bits per heavy atom. The number of hydrogen-bond donors (Lipinski definition) is 1. The van der Waals surface area contributed by atoms with E-state index >= 15 is 0 Å². The highest BCUT2D eigenvalue weighted by Gasteiger charge is 2.69. The van der Waals surface area contributed by atoms with Crippen molar-refractivity contribution in [3.63, 3.8) is 0 Å². The second-order valence-electron chi connectivity index (χ2n) is 9.38. The minimum absolute atomic E-state index is 0.0109. The molecule has 7 nitrogen and oxygen atoms in total. The number of hydrogen-bond acceptors (Lipinski definition) is 6. The summed E-state index contributed by atoms with van der Waals surface area (Å²) in [6.07, 6.45) is 0.221. The first kappa shape index (κ1) is 21.5. The minimum Gasteiger partial charge on any atom is -0.366 e. The topological polar surface area (TPSA) is 86.2 Å². The zero-order valence-electron chi connectivity index (χ0n) is 18.2. The lowest BCUT2D eigenvalue weighted by Crippen LogP contribution is -2.65. The van der Waals surface area contributed by atoms with Crippen molar-refractivity contribution in [1.82, 2.24) is 4.83 Å². The van der Waals surface area contributed by atoms with E-state index in [9.17, 15) is 8.42 Å². The third-order valence-corrected chi connectivity index (χ3v) is 7.87. The summed E-state index contributed by atoms with van der Waals surface area (Å²) < 4.78 is 44.2. The zero-order chi connectivity index (χ0) is 21.9. The lowest BCUT2D eigenvalue weighted by molar-refractivity contribution is -0.323. The number of nitrogens with zero attached hydrogens (tertiary/aromatic N) is 1. The number of hydrazone groups is 1. The van der Waals surface area contributed by atoms with Gasteiger partial charge in [-0.25, -0.2) is 4.83 Å². The fraction of sp³-hybridized carbons (Fsp3) is 0.591. The fourth-order valence-electron chi connectivity index (χ4n) is 4.88. The Balaban J connectivity index is 1.70. The molecule has 0 aromatic heterocycles. The number of ether oxygens (including phenoxy) is 3. The van der Waals surface area contributed by atoms with Crippen LogP contribution < -0.4 is 4.83 Å². The summed E-state index contributed by atoms with van der Waals surface area (Å²) in [7, 11) is -3.79. The molecule has 2 bridgehead atoms. The molecule has 1 aromatic rings. The summed E-state index contributed by atoms with van der Waals surface area (Å²) in [4.78, 5) is 2.58. The van der Waals surface area contributed by atoms with Crippen molar-refractivity contribution >= 4 is 15.7 Å². The van der Waals surface area contributed by atoms with Crippen molar-refractivity contribution in [3.05, 3.63) is 42.0 Å². The Bertz CT molecular complexity index is 1000. The molecule has 0 amide bonds. The lowest BCUT2D eigenvalue weighted by atomic mass is 9.59. The van der Waals surface area contributed by atoms with E-state index in [0.717, 1.165) is 11.1 Å². The summed E-state index contributed by atoms with van der Waals surface area (Å²) >= 11 is 0. The highest BCUT2D eigenvalue weighted by Crippen LogP contribution is 2.58. The summed E-state index contributed by atoms with van der Waals surface area (Å²) in [6, 6.07) is 6.65. The molecule has 1 N–H and O–H groups in total. The summed E-state index contributed by atoms with van der Waals surface area (Å²) in [5, 5.41) is 4.36. The van der Waals surface area contributed by atoms with E-state index in [4.69, 9.17) is 14.2 Å². The average molecular weight is 435 g/mol. The second kappa shape index (κ2) is 6.88. The van der Waals surface area contributed by atoms with E-state index < -0.39 is 21.4 Å². The predicted molar refractivity (Wildman–Crippen MR) is 114 cm³/mol. The van der Waals surface area contributed by atoms with Crippen molar-refractivity contribution in [2.45, 2.75) is 63.4 Å². The first-order valence-corrected chi connectivity index (χ1v) is 11.6. The van der Waals surface area contributed by atoms with E-state index in [1.165, 1.54) is 0 Å². The van der Waals surface area contributed by atoms with Crippen molar-refractivity contribution in [3.8, 4) is 0 Å². The maximum atomic E-state index is 12.8. The molecule has 8 heteroatoms. The monoisotopic (exact) mass is 434 g/mol. The van der Waals surface area contributed by atoms with Gasteiger partial charge in [-0.15, -0.1) is 0 Å². The van der Waals surface area contributed by atoms with Crippen LogP contribution in [-0.4, -0.2) is 44.8 Å². The van der Waals surface area contributed by atoms with Crippen molar-refractivity contribution in [2.24, 2.45) is 16.4 Å². The number of nitrogens with one attached hydrogen (secondary N) is 1. The highest BCUT2D eigenvalue weighted by molar-refractivity contribution is 7.89. The van der Waals surface area contributed by atoms with Crippen LogP contribution in [0.3, 0.4) is 0 Å². The number of sulfonamides is 1. The Hall–Kier alpha value is -1.74. The van der Waals surface area contributed by atoms with Crippen LogP contribution in [0.5, 0.6) is 0 Å². The molecular weight excluding hydrogens is 404 g/mol. The molecule has 4 rings (SSSR count). The van der Waals surface area contributed by atoms with Gasteiger partial charge in [0.25, 0.3) is 10.0 Å². The molecule has 0 spiro atoms. The fourth-order valence-corrected chi connectivity index (χ4v) is 5.71. The van der Waals surface area contributed by atoms with Crippen LogP contribution in [0.25, 0.3) is 0 Å². The SMILES string of the molecule is C=C(C)[C@H]1C/C(=N\NS(=O)(=O)c2ccc(C)cc2)[C@@]2(C)OC[C@@]13COC(C)(C)O[C@@H]32. The maximum Gasteiger partial charge on any atom is 0.276 e. The van der Waals surface area contributed by atoms with Gasteiger partial charge >= 0.3 is 0 Å². The van der Waals surface area contributed by atoms with Gasteiger partial charge in [-0.2, -0.15) is 13.5 Å². The molecule has 164 valence electrons. The third-order valence-electron chi connectivity index (χ3n) is 6.64. The van der Waals surface area contributed by atoms with Crippen molar-refractivity contribution < 1.29 is 22.6 Å². The van der Waals surface area contributed by atoms with Crippen LogP contribution in [-0.2, 0) is 24.2 Å². The number of benzene rings is 1. The lowest BCUT2D eigenvalue weighted by Gasteiger charge is -2.54. The van der Waals surface area contributed by atoms with E-state index in [1.807, 2.05) is 34.6 Å². The molecule has 2 aliphatic heterocycles. The standard InChI is InChI=1S/C22H30N2O5S/c1-14(2)17-11-18(23-24-30(25,26)16-9-7-15(3)8-10-16)21(6)19-22(17,13-28-21)12-27-20(4,5)29-19/h7-10,17,19,24H,1,11-13H2,2-6H3/b23-18+/t17-,19-,21-,22+/m1/s1. The van der Waals surface area contributed by atoms with Crippen molar-refractivity contribution in [2.75, 3.05) is 13.2 Å². The molecule has 3 aliphatic rings. The Labute approximate surface area is 178 Å². The van der Waals surface area contributed by atoms with E-state index in [2.05, 4.69) is 16.5 Å². The van der Waals surface area contributed by atoms with Gasteiger partial charge in [0.2, 0.25) is 0 Å². The van der Waals surface area contributed by atoms with Crippen LogP contribution in [0.1, 0.15) is 39.7 Å². The number of rotatable bonds is 4. The molecule has 1 saturated carbocycles. The molecule has 2 heterocycles. The van der Waals surface area contributed by atoms with Crippen LogP contribution in [0, 0.1) is 18.3 Å². The molecule has 30 heavy (non-hydrogen) atoms. The van der Waals surface area contributed by atoms with Gasteiger partial charge in [-0.05, 0) is 59.1 Å². The Morgan fingerprint density at radius 3 is 2.43 bits per heavy atom. The molecule has 1 aromatic carbocycles. The largest absolute Gasteiger partial charge is 0.366 e. The quantitative estimate of drug-likeness (QED) is 0.581. The molecule has 2 saturated heterocycles. The van der Waals surface area contributed by atoms with Gasteiger partial charge < -0.3 is 14.2 Å². The van der Waals surface area contributed by atoms with Gasteiger partial charge in [0, 0.05) is 0 Å². The average Bonchev–Trinajstić information content (AvgIpc) is 2.87. The first-order valence-electron chi connectivity index (χ1n) is 10.2. The van der Waals surface area contributed by atoms with Crippen LogP contribution >= 0.6 is 0 Å². The molecule has 0 unspecified atom stereocenters. The van der Waals surface area contributed by atoms with Crippen molar-refractivity contribution in [1.29, 1.82) is 0 Å². The van der Waals surface area contributed by atoms with Gasteiger partial charge in [-0.1, -0.05) is 29.8 Å². The second-order valence-corrected chi connectivity index (χ2v) is 11.0. The molecule has 3 fully saturated rings. The van der Waals surface area contributed by atoms with E-state index in [1.54, 1.807) is 24.3 Å². The maximum absolute atomic E-state index is 12.8. The van der Waals surface area contributed by atoms with Crippen LogP contribution in [0.2, 0.25) is 0 Å². The van der Waals surface area contributed by atoms with E-state index in [-0.39, 0.29) is 22.3 Å². The molecular formula is C22H30N2O5S. The molecule has 4 atom stereocenters. The van der Waals surface area contributed by atoms with Crippen LogP contribution in [0.15, 0.2) is 46.4 Å². The Morgan fingerprint density at radius 2 is 1.80 bits per heavy atom. The minimum atomic E-state index is -3.79. The summed E-state index contributed by atoms with van der Waals surface area (Å²) in [6.45, 7) is 14.7. The summed E-state index contributed by atoms with van der Waals surface area (Å²) in [5.41, 5.74) is 1.38. The van der Waals surface area contributed by atoms with Gasteiger partial charge in [-0.3, -0.25) is 0 Å². The smallest absolute Gasteiger partial charge is 0.276 e. The zero-order valence-corrected chi connectivity index (χ0v) is 19.0. The van der Waals surface area contributed by atoms with Gasteiger partial charge in [0.1, 0.15) is 11.7 Å².